The number of rotatable bonds is 12. The molecular weight excluding hydrogens is 232 g/mol. The van der Waals surface area contributed by atoms with Gasteiger partial charge in [-0.2, -0.15) is 0 Å². The first-order valence-corrected chi connectivity index (χ1v) is 10.1. The van der Waals surface area contributed by atoms with E-state index in [1.165, 1.54) is 37.8 Å². The average Bonchev–Trinajstić information content (AvgIpc) is 2.28. The average molecular weight is 263 g/mol. The smallest absolute Gasteiger partial charge is 0.161 e. The van der Waals surface area contributed by atoms with Crippen LogP contribution in [0.3, 0.4) is 0 Å². The van der Waals surface area contributed by atoms with E-state index in [9.17, 15) is 0 Å². The topological polar surface area (TPSA) is 18.5 Å². The van der Waals surface area contributed by atoms with Gasteiger partial charge in [0.25, 0.3) is 0 Å². The maximum absolute atomic E-state index is 5.47. The number of hydrogen-bond acceptors (Lipinski definition) is 2. The first-order chi connectivity index (χ1) is 7.81. The van der Waals surface area contributed by atoms with Crippen LogP contribution in [0.4, 0.5) is 0 Å². The lowest BCUT2D eigenvalue weighted by molar-refractivity contribution is 0.355. The van der Waals surface area contributed by atoms with Crippen LogP contribution in [0.15, 0.2) is 0 Å². The summed E-state index contributed by atoms with van der Waals surface area (Å²) in [7, 11) is -0.351. The molecule has 0 spiro atoms. The van der Waals surface area contributed by atoms with E-state index in [0.717, 1.165) is 19.1 Å². The molecule has 16 heavy (non-hydrogen) atoms. The summed E-state index contributed by atoms with van der Waals surface area (Å²) >= 11 is 0. The zero-order chi connectivity index (χ0) is 12.1. The van der Waals surface area contributed by atoms with Gasteiger partial charge in [-0.3, -0.25) is 0 Å². The van der Waals surface area contributed by atoms with Gasteiger partial charge >= 0.3 is 0 Å². The maximum atomic E-state index is 5.47. The second-order valence-electron chi connectivity index (χ2n) is 4.49. The van der Waals surface area contributed by atoms with Gasteiger partial charge in [0.1, 0.15) is 0 Å². The third kappa shape index (κ3) is 12.4. The van der Waals surface area contributed by atoms with Crippen LogP contribution in [0, 0.1) is 5.92 Å². The van der Waals surface area contributed by atoms with Gasteiger partial charge in [0, 0.05) is 13.2 Å². The first-order valence-electron chi connectivity index (χ1n) is 6.96. The van der Waals surface area contributed by atoms with Crippen molar-refractivity contribution in [3.8, 4) is 0 Å². The van der Waals surface area contributed by atoms with E-state index in [2.05, 4.69) is 20.8 Å². The monoisotopic (exact) mass is 262 g/mol. The van der Waals surface area contributed by atoms with Crippen molar-refractivity contribution in [3.63, 3.8) is 0 Å². The van der Waals surface area contributed by atoms with E-state index in [4.69, 9.17) is 8.85 Å². The minimum atomic E-state index is -0.175. The lowest BCUT2D eigenvalue weighted by Crippen LogP contribution is -2.01. The highest BCUT2D eigenvalue weighted by atomic mass is 28.2. The molecule has 0 fully saturated rings. The number of hydrogen-bond donors (Lipinski definition) is 0. The molecule has 0 N–H and O–H groups in total. The van der Waals surface area contributed by atoms with Crippen LogP contribution in [0.1, 0.15) is 46.5 Å². The van der Waals surface area contributed by atoms with Gasteiger partial charge in [-0.1, -0.05) is 32.6 Å². The molecule has 0 saturated carbocycles. The summed E-state index contributed by atoms with van der Waals surface area (Å²) < 4.78 is 10.9. The summed E-state index contributed by atoms with van der Waals surface area (Å²) in [4.78, 5) is 0. The highest BCUT2D eigenvalue weighted by molar-refractivity contribution is 6.27. The van der Waals surface area contributed by atoms with Crippen LogP contribution < -0.4 is 0 Å². The highest BCUT2D eigenvalue weighted by Crippen LogP contribution is 2.15. The van der Waals surface area contributed by atoms with E-state index in [1.807, 2.05) is 0 Å². The molecule has 0 aromatic heterocycles. The molecule has 0 radical (unpaired) electrons. The van der Waals surface area contributed by atoms with Crippen LogP contribution in [0.25, 0.3) is 0 Å². The summed E-state index contributed by atoms with van der Waals surface area (Å²) in [6.45, 7) is 8.42. The van der Waals surface area contributed by atoms with Gasteiger partial charge in [-0.05, 0) is 31.9 Å². The normalized spacial score (nSPS) is 14.4. The van der Waals surface area contributed by atoms with Crippen molar-refractivity contribution in [2.24, 2.45) is 5.92 Å². The molecule has 0 aliphatic rings. The van der Waals surface area contributed by atoms with Crippen molar-refractivity contribution in [2.75, 3.05) is 13.2 Å². The van der Waals surface area contributed by atoms with Crippen molar-refractivity contribution in [2.45, 2.75) is 58.5 Å². The maximum Gasteiger partial charge on any atom is 0.161 e. The molecule has 0 amide bonds. The Hall–Kier alpha value is 0.354. The molecule has 2 nitrogen and oxygen atoms in total. The Morgan fingerprint density at radius 3 is 1.69 bits per heavy atom. The molecule has 0 saturated heterocycles. The molecular formula is C12H30O2Si2. The van der Waals surface area contributed by atoms with Gasteiger partial charge < -0.3 is 8.85 Å². The fourth-order valence-electron chi connectivity index (χ4n) is 1.83. The Morgan fingerprint density at radius 1 is 0.875 bits per heavy atom. The predicted octanol–water partition coefficient (Wildman–Crippen LogP) is 2.26. The van der Waals surface area contributed by atoms with Crippen molar-refractivity contribution >= 4 is 19.5 Å². The van der Waals surface area contributed by atoms with Gasteiger partial charge in [0.05, 0.1) is 0 Å². The van der Waals surface area contributed by atoms with Crippen LogP contribution in [-0.2, 0) is 8.85 Å². The van der Waals surface area contributed by atoms with Crippen LogP contribution in [-0.4, -0.2) is 32.7 Å². The Kier molecular flexibility index (Phi) is 13.7. The second-order valence-corrected chi connectivity index (χ2v) is 7.54. The molecule has 98 valence electrons. The molecule has 4 heteroatoms. The van der Waals surface area contributed by atoms with Crippen LogP contribution >= 0.6 is 0 Å². The SMILES string of the molecule is CCO[SiH2]CCCC(C)CCC[SiH2]OCC. The van der Waals surface area contributed by atoms with Crippen molar-refractivity contribution < 1.29 is 8.85 Å². The molecule has 0 aromatic rings. The summed E-state index contributed by atoms with van der Waals surface area (Å²) in [5.41, 5.74) is 0. The zero-order valence-electron chi connectivity index (χ0n) is 11.5. The Balaban J connectivity index is 3.09. The van der Waals surface area contributed by atoms with E-state index < -0.39 is 0 Å². The molecule has 0 aliphatic heterocycles. The fraction of sp³-hybridized carbons (Fsp3) is 1.00. The van der Waals surface area contributed by atoms with Crippen molar-refractivity contribution in [3.05, 3.63) is 0 Å². The third-order valence-electron chi connectivity index (χ3n) is 2.88. The summed E-state index contributed by atoms with van der Waals surface area (Å²) in [5.74, 6) is 0.909. The molecule has 0 aromatic carbocycles. The highest BCUT2D eigenvalue weighted by Gasteiger charge is 2.02. The fourth-order valence-corrected chi connectivity index (χ4v) is 3.80. The Morgan fingerprint density at radius 2 is 1.31 bits per heavy atom. The lowest BCUT2D eigenvalue weighted by atomic mass is 10.0. The summed E-state index contributed by atoms with van der Waals surface area (Å²) in [5, 5.41) is 0. The minimum absolute atomic E-state index is 0.175. The Bertz CT molecular complexity index is 120. The molecule has 0 rings (SSSR count). The van der Waals surface area contributed by atoms with E-state index >= 15 is 0 Å². The quantitative estimate of drug-likeness (QED) is 0.397. The molecule has 0 atom stereocenters. The van der Waals surface area contributed by atoms with Crippen LogP contribution in [0.5, 0.6) is 0 Å². The minimum Gasteiger partial charge on any atom is -0.424 e. The van der Waals surface area contributed by atoms with Crippen molar-refractivity contribution in [1.82, 2.24) is 0 Å². The summed E-state index contributed by atoms with van der Waals surface area (Å²) in [6.07, 6.45) is 5.57. The van der Waals surface area contributed by atoms with Crippen LogP contribution in [0.2, 0.25) is 12.1 Å². The molecule has 0 unspecified atom stereocenters. The van der Waals surface area contributed by atoms with E-state index in [0.29, 0.717) is 0 Å². The lowest BCUT2D eigenvalue weighted by Gasteiger charge is -2.10. The van der Waals surface area contributed by atoms with Gasteiger partial charge in [0.2, 0.25) is 0 Å². The molecule has 0 heterocycles. The first kappa shape index (κ1) is 16.4. The van der Waals surface area contributed by atoms with E-state index in [-0.39, 0.29) is 19.5 Å². The largest absolute Gasteiger partial charge is 0.424 e. The van der Waals surface area contributed by atoms with Crippen molar-refractivity contribution in [1.29, 1.82) is 0 Å². The summed E-state index contributed by atoms with van der Waals surface area (Å²) in [6, 6.07) is 2.73. The second kappa shape index (κ2) is 13.4. The standard InChI is InChI=1S/C12H30O2Si2/c1-4-13-15-10-6-8-12(3)9-7-11-16-14-5-2/h12H,4-11,15-16H2,1-3H3. The Labute approximate surface area is 106 Å². The molecule has 0 aliphatic carbocycles. The van der Waals surface area contributed by atoms with Gasteiger partial charge in [-0.15, -0.1) is 0 Å². The third-order valence-corrected chi connectivity index (χ3v) is 5.85. The van der Waals surface area contributed by atoms with Gasteiger partial charge in [-0.25, -0.2) is 0 Å². The van der Waals surface area contributed by atoms with Gasteiger partial charge in [0.15, 0.2) is 19.5 Å². The van der Waals surface area contributed by atoms with E-state index in [1.54, 1.807) is 0 Å². The predicted molar refractivity (Wildman–Crippen MR) is 77.6 cm³/mol. The zero-order valence-corrected chi connectivity index (χ0v) is 14.3. The molecule has 0 bridgehead atoms.